The van der Waals surface area contributed by atoms with Gasteiger partial charge in [-0.1, -0.05) is 11.6 Å². The van der Waals surface area contributed by atoms with Crippen LogP contribution in [0.25, 0.3) is 0 Å². The lowest BCUT2D eigenvalue weighted by molar-refractivity contribution is -0.144. The number of halogens is 1. The van der Waals surface area contributed by atoms with Crippen molar-refractivity contribution in [3.63, 3.8) is 0 Å². The summed E-state index contributed by atoms with van der Waals surface area (Å²) < 4.78 is 5.09. The van der Waals surface area contributed by atoms with E-state index in [2.05, 4.69) is 15.1 Å². The number of nitrogens with one attached hydrogen (secondary N) is 1. The minimum Gasteiger partial charge on any atom is -0.497 e. The first-order valence-corrected chi connectivity index (χ1v) is 10.2. The fourth-order valence-corrected chi connectivity index (χ4v) is 3.62. The molecule has 7 nitrogen and oxygen atoms in total. The van der Waals surface area contributed by atoms with Gasteiger partial charge in [-0.05, 0) is 48.5 Å². The summed E-state index contributed by atoms with van der Waals surface area (Å²) in [6.45, 7) is 3.43. The molecule has 1 atom stereocenters. The van der Waals surface area contributed by atoms with Gasteiger partial charge in [-0.3, -0.25) is 14.5 Å². The molecule has 0 aliphatic carbocycles. The maximum absolute atomic E-state index is 12.3. The SMILES string of the molecule is COc1ccc(NC(=O)C[C@@H](CN2CCN(c3ccc(Cl)cc3)CC2)C(=O)O)cc1. The van der Waals surface area contributed by atoms with Gasteiger partial charge in [0.15, 0.2) is 0 Å². The smallest absolute Gasteiger partial charge is 0.308 e. The van der Waals surface area contributed by atoms with Crippen molar-refractivity contribution in [2.24, 2.45) is 5.92 Å². The van der Waals surface area contributed by atoms with E-state index in [-0.39, 0.29) is 12.3 Å². The Labute approximate surface area is 181 Å². The van der Waals surface area contributed by atoms with Crippen LogP contribution in [0.1, 0.15) is 6.42 Å². The molecule has 3 rings (SSSR count). The predicted molar refractivity (Wildman–Crippen MR) is 117 cm³/mol. The lowest BCUT2D eigenvalue weighted by Crippen LogP contribution is -2.48. The van der Waals surface area contributed by atoms with Crippen LogP contribution < -0.4 is 15.0 Å². The molecule has 2 aromatic rings. The van der Waals surface area contributed by atoms with Crippen LogP contribution in [0, 0.1) is 5.92 Å². The molecule has 0 radical (unpaired) electrons. The zero-order valence-corrected chi connectivity index (χ0v) is 17.6. The molecule has 30 heavy (non-hydrogen) atoms. The van der Waals surface area contributed by atoms with Crippen molar-refractivity contribution in [2.75, 3.05) is 50.1 Å². The number of methoxy groups -OCH3 is 1. The number of carboxylic acid groups (broad SMARTS) is 1. The topological polar surface area (TPSA) is 82.1 Å². The highest BCUT2D eigenvalue weighted by Crippen LogP contribution is 2.20. The Morgan fingerprint density at radius 2 is 1.70 bits per heavy atom. The number of amides is 1. The molecule has 2 aromatic carbocycles. The minimum atomic E-state index is -0.958. The first-order chi connectivity index (χ1) is 14.4. The second-order valence-corrected chi connectivity index (χ2v) is 7.72. The number of ether oxygens (including phenoxy) is 1. The highest BCUT2D eigenvalue weighted by molar-refractivity contribution is 6.30. The quantitative estimate of drug-likeness (QED) is 0.668. The second kappa shape index (κ2) is 10.3. The molecule has 1 saturated heterocycles. The summed E-state index contributed by atoms with van der Waals surface area (Å²) >= 11 is 5.95. The molecule has 1 aliphatic rings. The molecule has 1 aliphatic heterocycles. The zero-order valence-electron chi connectivity index (χ0n) is 16.9. The van der Waals surface area contributed by atoms with Crippen LogP contribution in [0.5, 0.6) is 5.75 Å². The Hall–Kier alpha value is -2.77. The standard InChI is InChI=1S/C22H26ClN3O4/c1-30-20-8-4-18(5-9-20)24-21(27)14-16(22(28)29)15-25-10-12-26(13-11-25)19-6-2-17(23)3-7-19/h2-9,16H,10-15H2,1H3,(H,24,27)(H,28,29)/t16-/m0/s1. The molecule has 0 bridgehead atoms. The van der Waals surface area contributed by atoms with Gasteiger partial charge in [0.25, 0.3) is 0 Å². The van der Waals surface area contributed by atoms with Crippen molar-refractivity contribution < 1.29 is 19.4 Å². The third kappa shape index (κ3) is 6.11. The number of aliphatic carboxylic acids is 1. The lowest BCUT2D eigenvalue weighted by Gasteiger charge is -2.37. The largest absolute Gasteiger partial charge is 0.497 e. The van der Waals surface area contributed by atoms with Gasteiger partial charge in [0.2, 0.25) is 5.91 Å². The number of carbonyl (C=O) groups excluding carboxylic acids is 1. The van der Waals surface area contributed by atoms with E-state index in [1.54, 1.807) is 31.4 Å². The van der Waals surface area contributed by atoms with Crippen molar-refractivity contribution in [1.82, 2.24) is 4.90 Å². The Kier molecular flexibility index (Phi) is 7.54. The van der Waals surface area contributed by atoms with Crippen LogP contribution >= 0.6 is 11.6 Å². The van der Waals surface area contributed by atoms with Crippen LogP contribution in [-0.4, -0.2) is 61.7 Å². The Morgan fingerprint density at radius 3 is 2.27 bits per heavy atom. The molecular weight excluding hydrogens is 406 g/mol. The van der Waals surface area contributed by atoms with Gasteiger partial charge in [-0.25, -0.2) is 0 Å². The normalized spacial score (nSPS) is 15.5. The molecule has 0 saturated carbocycles. The first kappa shape index (κ1) is 21.9. The second-order valence-electron chi connectivity index (χ2n) is 7.28. The van der Waals surface area contributed by atoms with Crippen LogP contribution in [0.15, 0.2) is 48.5 Å². The molecular formula is C22H26ClN3O4. The van der Waals surface area contributed by atoms with Gasteiger partial charge in [0.05, 0.1) is 13.0 Å². The minimum absolute atomic E-state index is 0.0707. The van der Waals surface area contributed by atoms with Crippen molar-refractivity contribution >= 4 is 34.9 Å². The number of carboxylic acids is 1. The number of rotatable bonds is 8. The Morgan fingerprint density at radius 1 is 1.07 bits per heavy atom. The lowest BCUT2D eigenvalue weighted by atomic mass is 10.0. The molecule has 2 N–H and O–H groups in total. The van der Waals surface area contributed by atoms with E-state index in [1.165, 1.54) is 0 Å². The highest BCUT2D eigenvalue weighted by atomic mass is 35.5. The number of hydrogen-bond donors (Lipinski definition) is 2. The van der Waals surface area contributed by atoms with Crippen molar-refractivity contribution in [1.29, 1.82) is 0 Å². The van der Waals surface area contributed by atoms with Gasteiger partial charge >= 0.3 is 5.97 Å². The monoisotopic (exact) mass is 431 g/mol. The summed E-state index contributed by atoms with van der Waals surface area (Å²) in [5, 5.41) is 13.1. The van der Waals surface area contributed by atoms with Gasteiger partial charge in [0.1, 0.15) is 5.75 Å². The van der Waals surface area contributed by atoms with E-state index in [0.29, 0.717) is 23.0 Å². The fourth-order valence-electron chi connectivity index (χ4n) is 3.49. The van der Waals surface area contributed by atoms with Crippen LogP contribution in [0.3, 0.4) is 0 Å². The average molecular weight is 432 g/mol. The Balaban J connectivity index is 1.49. The molecule has 8 heteroatoms. The predicted octanol–water partition coefficient (Wildman–Crippen LogP) is 3.20. The van der Waals surface area contributed by atoms with E-state index < -0.39 is 11.9 Å². The summed E-state index contributed by atoms with van der Waals surface area (Å²) in [5.41, 5.74) is 1.72. The zero-order chi connectivity index (χ0) is 21.5. The van der Waals surface area contributed by atoms with Gasteiger partial charge in [-0.2, -0.15) is 0 Å². The molecule has 0 spiro atoms. The summed E-state index contributed by atoms with van der Waals surface area (Å²) in [5.74, 6) is -1.34. The fraction of sp³-hybridized carbons (Fsp3) is 0.364. The number of hydrogen-bond acceptors (Lipinski definition) is 5. The van der Waals surface area contributed by atoms with E-state index in [0.717, 1.165) is 31.9 Å². The van der Waals surface area contributed by atoms with Crippen molar-refractivity contribution in [3.8, 4) is 5.75 Å². The molecule has 1 amide bonds. The molecule has 0 unspecified atom stereocenters. The van der Waals surface area contributed by atoms with Crippen molar-refractivity contribution in [3.05, 3.63) is 53.6 Å². The van der Waals surface area contributed by atoms with E-state index in [1.807, 2.05) is 24.3 Å². The average Bonchev–Trinajstić information content (AvgIpc) is 2.75. The van der Waals surface area contributed by atoms with Crippen LogP contribution in [-0.2, 0) is 9.59 Å². The number of carbonyl (C=O) groups is 2. The summed E-state index contributed by atoms with van der Waals surface area (Å²) in [4.78, 5) is 28.4. The maximum atomic E-state index is 12.3. The molecule has 1 heterocycles. The molecule has 160 valence electrons. The highest BCUT2D eigenvalue weighted by Gasteiger charge is 2.26. The first-order valence-electron chi connectivity index (χ1n) is 9.84. The number of piperazine rings is 1. The van der Waals surface area contributed by atoms with Crippen LogP contribution in [0.2, 0.25) is 5.02 Å². The number of nitrogens with zero attached hydrogens (tertiary/aromatic N) is 2. The third-order valence-corrected chi connectivity index (χ3v) is 5.45. The third-order valence-electron chi connectivity index (χ3n) is 5.20. The molecule has 1 fully saturated rings. The maximum Gasteiger partial charge on any atom is 0.308 e. The summed E-state index contributed by atoms with van der Waals surface area (Å²) in [6.07, 6.45) is -0.0707. The van der Waals surface area contributed by atoms with E-state index in [9.17, 15) is 14.7 Å². The van der Waals surface area contributed by atoms with Gasteiger partial charge < -0.3 is 20.1 Å². The van der Waals surface area contributed by atoms with Crippen molar-refractivity contribution in [2.45, 2.75) is 6.42 Å². The van der Waals surface area contributed by atoms with Gasteiger partial charge in [0, 0.05) is 55.5 Å². The van der Waals surface area contributed by atoms with E-state index >= 15 is 0 Å². The molecule has 0 aromatic heterocycles. The number of benzene rings is 2. The van der Waals surface area contributed by atoms with Crippen LogP contribution in [0.4, 0.5) is 11.4 Å². The number of anilines is 2. The van der Waals surface area contributed by atoms with E-state index in [4.69, 9.17) is 16.3 Å². The summed E-state index contributed by atoms with van der Waals surface area (Å²) in [6, 6.07) is 14.6. The Bertz CT molecular complexity index is 850. The van der Waals surface area contributed by atoms with Gasteiger partial charge in [-0.15, -0.1) is 0 Å². The summed E-state index contributed by atoms with van der Waals surface area (Å²) in [7, 11) is 1.57.